The highest BCUT2D eigenvalue weighted by Gasteiger charge is 2.68. The summed E-state index contributed by atoms with van der Waals surface area (Å²) in [5.41, 5.74) is 0.443. The van der Waals surface area contributed by atoms with E-state index in [1.54, 1.807) is 64.1 Å². The van der Waals surface area contributed by atoms with Gasteiger partial charge >= 0.3 is 12.2 Å². The minimum atomic E-state index is -3.50. The monoisotopic (exact) mass is 662 g/mol. The maximum atomic E-state index is 13.7. The van der Waals surface area contributed by atoms with Gasteiger partial charge in [0, 0.05) is 23.6 Å². The summed E-state index contributed by atoms with van der Waals surface area (Å²) in [7, 11) is -2.00. The lowest BCUT2D eigenvalue weighted by Crippen LogP contribution is -2.36. The van der Waals surface area contributed by atoms with E-state index in [9.17, 15) is 27.9 Å². The number of aromatic nitrogens is 2. The maximum Gasteiger partial charge on any atom is 0.435 e. The van der Waals surface area contributed by atoms with Crippen LogP contribution in [0, 0.1) is 0 Å². The smallest absolute Gasteiger partial charge is 0.435 e. The van der Waals surface area contributed by atoms with Crippen LogP contribution in [0.15, 0.2) is 59.5 Å². The van der Waals surface area contributed by atoms with Crippen molar-refractivity contribution in [2.45, 2.75) is 55.9 Å². The first kappa shape index (κ1) is 31.9. The number of benzene rings is 3. The highest BCUT2D eigenvalue weighted by Crippen LogP contribution is 2.67. The lowest BCUT2D eigenvalue weighted by atomic mass is 9.91. The van der Waals surface area contributed by atoms with E-state index >= 15 is 0 Å². The Labute approximate surface area is 270 Å². The van der Waals surface area contributed by atoms with E-state index in [2.05, 4.69) is 10.4 Å². The molecule has 2 heterocycles. The molecule has 13 nitrogen and oxygen atoms in total. The van der Waals surface area contributed by atoms with Crippen molar-refractivity contribution in [3.05, 3.63) is 65.7 Å². The molecule has 4 aromatic rings. The molecule has 1 fully saturated rings. The average Bonchev–Trinajstić information content (AvgIpc) is 3.58. The van der Waals surface area contributed by atoms with Gasteiger partial charge in [-0.1, -0.05) is 6.07 Å². The van der Waals surface area contributed by atoms with Crippen molar-refractivity contribution in [2.24, 2.45) is 0 Å². The fraction of sp³-hybridized carbons (Fsp3) is 0.333. The van der Waals surface area contributed by atoms with Gasteiger partial charge in [0.15, 0.2) is 15.7 Å². The van der Waals surface area contributed by atoms with Gasteiger partial charge in [0.2, 0.25) is 5.91 Å². The van der Waals surface area contributed by atoms with Crippen LogP contribution < -0.4 is 19.7 Å². The number of carbonyl (C=O) groups is 3. The van der Waals surface area contributed by atoms with E-state index in [1.165, 1.54) is 19.2 Å². The zero-order valence-electron chi connectivity index (χ0n) is 26.7. The van der Waals surface area contributed by atoms with Crippen LogP contribution in [-0.2, 0) is 24.8 Å². The summed E-state index contributed by atoms with van der Waals surface area (Å²) in [6.07, 6.45) is -0.637. The predicted octanol–water partition coefficient (Wildman–Crippen LogP) is 5.82. The second-order valence-corrected chi connectivity index (χ2v) is 14.6. The van der Waals surface area contributed by atoms with E-state index in [4.69, 9.17) is 14.2 Å². The number of nitrogens with zero attached hydrogens (tertiary/aromatic N) is 3. The molecule has 6 rings (SSSR count). The Morgan fingerprint density at radius 2 is 1.85 bits per heavy atom. The molecule has 0 unspecified atom stereocenters. The molecular weight excluding hydrogens is 628 g/mol. The first-order chi connectivity index (χ1) is 22.1. The number of methoxy groups -OCH3 is 1. The summed E-state index contributed by atoms with van der Waals surface area (Å²) < 4.78 is 42.3. The number of imide groups is 1. The molecule has 1 aromatic heterocycles. The molecule has 0 radical (unpaired) electrons. The number of rotatable bonds is 7. The molecule has 2 aliphatic rings. The molecule has 3 aromatic carbocycles. The van der Waals surface area contributed by atoms with Gasteiger partial charge in [-0.2, -0.15) is 4.68 Å². The Morgan fingerprint density at radius 3 is 2.49 bits per heavy atom. The van der Waals surface area contributed by atoms with Gasteiger partial charge in [0.25, 0.3) is 0 Å². The minimum Gasteiger partial charge on any atom is -0.497 e. The molecule has 0 saturated heterocycles. The van der Waals surface area contributed by atoms with Gasteiger partial charge in [-0.05, 0) is 87.7 Å². The van der Waals surface area contributed by atoms with Crippen molar-refractivity contribution in [2.75, 3.05) is 30.2 Å². The molecule has 2 N–H and O–H groups in total. The molecule has 1 spiro atoms. The van der Waals surface area contributed by atoms with Crippen molar-refractivity contribution in [1.29, 1.82) is 0 Å². The van der Waals surface area contributed by atoms with Gasteiger partial charge in [0.1, 0.15) is 17.1 Å². The zero-order chi connectivity index (χ0) is 34.1. The molecular formula is C33H34N4O9S. The molecule has 1 saturated carbocycles. The number of sulfone groups is 1. The fourth-order valence-corrected chi connectivity index (χ4v) is 6.77. The Hall–Kier alpha value is -5.11. The van der Waals surface area contributed by atoms with E-state index in [0.29, 0.717) is 45.6 Å². The van der Waals surface area contributed by atoms with E-state index in [1.807, 2.05) is 6.07 Å². The Bertz CT molecular complexity index is 2080. The first-order valence-electron chi connectivity index (χ1n) is 14.8. The van der Waals surface area contributed by atoms with Crippen LogP contribution in [0.4, 0.5) is 26.8 Å². The molecule has 47 heavy (non-hydrogen) atoms. The van der Waals surface area contributed by atoms with Crippen LogP contribution in [0.1, 0.15) is 51.2 Å². The summed E-state index contributed by atoms with van der Waals surface area (Å²) in [5, 5.41) is 18.2. The largest absolute Gasteiger partial charge is 0.497 e. The fourth-order valence-electron chi connectivity index (χ4n) is 6.13. The molecule has 1 aliphatic carbocycles. The molecule has 2 amide bonds. The Balaban J connectivity index is 1.45. The standard InChI is InChI=1S/C33H34N4O9S/c1-7-45-27-16-20(47(6,42)43)10-12-24(27)34-28-21-11-8-18(14-26(21)37(35-28)31(41)46-32(2,3)4)23-17-33(23)22-15-19(44-5)9-13-25(22)36(29(33)38)30(39)40/h8-16,23H,7,17H2,1-6H3,(H,34,35)(H,39,40)/t23-,33-/m0/s1. The summed E-state index contributed by atoms with van der Waals surface area (Å²) in [5.74, 6) is 0.131. The molecule has 0 bridgehead atoms. The SMILES string of the molecule is CCOc1cc(S(C)(=O)=O)ccc1Nc1nn(C(=O)OC(C)(C)C)c2cc([C@@H]3C[C@@]34C(=O)N(C(=O)O)c3ccc(OC)cc34)ccc12. The highest BCUT2D eigenvalue weighted by molar-refractivity contribution is 7.90. The molecule has 2 atom stereocenters. The van der Waals surface area contributed by atoms with Crippen molar-refractivity contribution in [1.82, 2.24) is 9.78 Å². The van der Waals surface area contributed by atoms with Gasteiger partial charge in [0.05, 0.1) is 40.9 Å². The number of carboxylic acid groups (broad SMARTS) is 1. The third-order valence-electron chi connectivity index (χ3n) is 8.27. The predicted molar refractivity (Wildman–Crippen MR) is 173 cm³/mol. The van der Waals surface area contributed by atoms with Crippen molar-refractivity contribution >= 4 is 56.0 Å². The number of ether oxygens (including phenoxy) is 3. The van der Waals surface area contributed by atoms with Crippen LogP contribution in [0.25, 0.3) is 10.9 Å². The third-order valence-corrected chi connectivity index (χ3v) is 9.38. The lowest BCUT2D eigenvalue weighted by Gasteiger charge is -2.19. The Kier molecular flexibility index (Phi) is 7.46. The Morgan fingerprint density at radius 1 is 1.11 bits per heavy atom. The number of amides is 2. The van der Waals surface area contributed by atoms with Crippen LogP contribution in [0.2, 0.25) is 0 Å². The molecule has 246 valence electrons. The van der Waals surface area contributed by atoms with E-state index < -0.39 is 38.9 Å². The lowest BCUT2D eigenvalue weighted by molar-refractivity contribution is -0.119. The van der Waals surface area contributed by atoms with Gasteiger partial charge < -0.3 is 24.6 Å². The van der Waals surface area contributed by atoms with E-state index in [-0.39, 0.29) is 29.0 Å². The summed E-state index contributed by atoms with van der Waals surface area (Å²) in [6, 6.07) is 14.7. The average molecular weight is 663 g/mol. The number of carbonyl (C=O) groups excluding carboxylic acids is 2. The second kappa shape index (κ2) is 11.0. The van der Waals surface area contributed by atoms with E-state index in [0.717, 1.165) is 15.8 Å². The summed E-state index contributed by atoms with van der Waals surface area (Å²) in [6.45, 7) is 7.25. The number of nitrogens with one attached hydrogen (secondary N) is 1. The highest BCUT2D eigenvalue weighted by atomic mass is 32.2. The van der Waals surface area contributed by atoms with Crippen molar-refractivity contribution in [3.63, 3.8) is 0 Å². The van der Waals surface area contributed by atoms with Crippen molar-refractivity contribution in [3.8, 4) is 11.5 Å². The topological polar surface area (TPSA) is 166 Å². The van der Waals surface area contributed by atoms with Crippen LogP contribution in [0.5, 0.6) is 11.5 Å². The number of fused-ring (bicyclic) bond motifs is 3. The summed E-state index contributed by atoms with van der Waals surface area (Å²) >= 11 is 0. The number of hydrogen-bond donors (Lipinski definition) is 2. The minimum absolute atomic E-state index is 0.0840. The normalized spacial score (nSPS) is 18.7. The molecule has 1 aliphatic heterocycles. The third kappa shape index (κ3) is 5.41. The quantitative estimate of drug-likeness (QED) is 0.245. The van der Waals surface area contributed by atoms with Crippen LogP contribution in [0.3, 0.4) is 0 Å². The van der Waals surface area contributed by atoms with Gasteiger partial charge in [-0.3, -0.25) is 4.79 Å². The van der Waals surface area contributed by atoms with Crippen LogP contribution >= 0.6 is 0 Å². The maximum absolute atomic E-state index is 13.7. The number of anilines is 3. The molecule has 14 heteroatoms. The first-order valence-corrected chi connectivity index (χ1v) is 16.7. The number of hydrogen-bond acceptors (Lipinski definition) is 10. The van der Waals surface area contributed by atoms with Crippen LogP contribution in [-0.4, -0.2) is 67.0 Å². The second-order valence-electron chi connectivity index (χ2n) is 12.5. The van der Waals surface area contributed by atoms with Gasteiger partial charge in [-0.25, -0.2) is 22.9 Å². The summed E-state index contributed by atoms with van der Waals surface area (Å²) in [4.78, 5) is 40.1. The van der Waals surface area contributed by atoms with Crippen molar-refractivity contribution < 1.29 is 42.1 Å². The van der Waals surface area contributed by atoms with Gasteiger partial charge in [-0.15, -0.1) is 5.10 Å². The zero-order valence-corrected chi connectivity index (χ0v) is 27.5.